The second-order valence-corrected chi connectivity index (χ2v) is 3.35. The van der Waals surface area contributed by atoms with Gasteiger partial charge in [0.25, 0.3) is 0 Å². The number of ether oxygens (including phenoxy) is 1. The summed E-state index contributed by atoms with van der Waals surface area (Å²) >= 11 is 0. The van der Waals surface area contributed by atoms with Crippen molar-refractivity contribution in [1.82, 2.24) is 5.32 Å². The minimum Gasteiger partial charge on any atom is -0.444 e. The molecule has 0 bridgehead atoms. The van der Waals surface area contributed by atoms with Crippen LogP contribution in [0.2, 0.25) is 0 Å². The molecule has 0 aromatic carbocycles. The quantitative estimate of drug-likeness (QED) is 0.667. The Morgan fingerprint density at radius 2 is 1.85 bits per heavy atom. The van der Waals surface area contributed by atoms with Crippen molar-refractivity contribution in [3.8, 4) is 0 Å². The van der Waals surface area contributed by atoms with Gasteiger partial charge in [-0.2, -0.15) is 0 Å². The summed E-state index contributed by atoms with van der Waals surface area (Å²) in [6.45, 7) is 9.89. The van der Waals surface area contributed by atoms with Gasteiger partial charge in [-0.1, -0.05) is 0 Å². The van der Waals surface area contributed by atoms with E-state index < -0.39 is 0 Å². The fourth-order valence-corrected chi connectivity index (χ4v) is 0.459. The molecule has 0 fully saturated rings. The van der Waals surface area contributed by atoms with Gasteiger partial charge in [0, 0.05) is 14.6 Å². The van der Waals surface area contributed by atoms with Crippen LogP contribution in [0.25, 0.3) is 0 Å². The Morgan fingerprint density at radius 3 is 2.08 bits per heavy atom. The first kappa shape index (κ1) is 14.7. The van der Waals surface area contributed by atoms with Gasteiger partial charge >= 0.3 is 6.09 Å². The van der Waals surface area contributed by atoms with Crippen LogP contribution in [-0.4, -0.2) is 30.0 Å². The molecule has 0 aliphatic carbocycles. The van der Waals surface area contributed by atoms with Crippen LogP contribution < -0.4 is 5.32 Å². The van der Waals surface area contributed by atoms with Gasteiger partial charge in [-0.25, -0.2) is 4.79 Å². The summed E-state index contributed by atoms with van der Waals surface area (Å²) < 4.78 is 4.93. The number of hydrogen-bond donors (Lipinski definition) is 2. The molecule has 13 heavy (non-hydrogen) atoms. The summed E-state index contributed by atoms with van der Waals surface area (Å²) in [6, 6.07) is 0. The van der Waals surface area contributed by atoms with Crippen molar-refractivity contribution in [2.75, 3.05) is 13.2 Å². The van der Waals surface area contributed by atoms with Crippen molar-refractivity contribution >= 4 is 6.09 Å². The Bertz CT molecular complexity index is 135. The molecule has 82 valence electrons. The maximum atomic E-state index is 10.7. The van der Waals surface area contributed by atoms with E-state index in [4.69, 9.17) is 9.84 Å². The average Bonchev–Trinajstić information content (AvgIpc) is 1.84. The lowest BCUT2D eigenvalue weighted by atomic mass is 10.2. The first-order chi connectivity index (χ1) is 5.87. The average molecular weight is 193 g/mol. The van der Waals surface area contributed by atoms with Crippen LogP contribution in [0.3, 0.4) is 0 Å². The van der Waals surface area contributed by atoms with Crippen molar-refractivity contribution in [2.24, 2.45) is 0 Å². The Labute approximate surface area is 81.8 Å². The fourth-order valence-electron chi connectivity index (χ4n) is 0.459. The van der Waals surface area contributed by atoms with E-state index in [2.05, 4.69) is 5.32 Å². The van der Waals surface area contributed by atoms with Crippen LogP contribution in [0.4, 0.5) is 4.79 Å². The van der Waals surface area contributed by atoms with E-state index in [9.17, 15) is 4.79 Å². The van der Waals surface area contributed by atoms with Crippen LogP contribution in [0.15, 0.2) is 0 Å². The number of hydrogen-bond acceptors (Lipinski definition) is 3. The first-order valence-corrected chi connectivity index (χ1v) is 4.45. The molecule has 0 heterocycles. The molecule has 0 aliphatic heterocycles. The molecule has 4 heteroatoms. The number of alkyl carbamates (subject to hydrolysis) is 1. The predicted molar refractivity (Wildman–Crippen MR) is 54.8 cm³/mol. The Balaban J connectivity index is -0.000000267. The van der Waals surface area contributed by atoms with Gasteiger partial charge in [-0.3, -0.25) is 0 Å². The van der Waals surface area contributed by atoms with Gasteiger partial charge < -0.3 is 15.2 Å². The van der Waals surface area contributed by atoms with Crippen molar-refractivity contribution in [3.63, 3.8) is 0 Å². The number of aliphatic hydroxyl groups excluding tert-OH is 1. The van der Waals surface area contributed by atoms with Gasteiger partial charge in [0.15, 0.2) is 0 Å². The molecule has 0 radical (unpaired) electrons. The zero-order chi connectivity index (χ0) is 10.9. The number of rotatable bonds is 1. The van der Waals surface area contributed by atoms with Gasteiger partial charge in [0.2, 0.25) is 0 Å². The number of carbonyl (C=O) groups excluding carboxylic acids is 1. The standard InChI is InChI=1S/C7H15NO2.C2H6O.H2/c1-5-8-6(9)10-7(2,3)4;1-2-3;/h5H2,1-4H3,(H,8,9);3H,2H2,1H3;1H. The molecule has 1 amide bonds. The Kier molecular flexibility index (Phi) is 8.91. The van der Waals surface area contributed by atoms with Gasteiger partial charge in [-0.05, 0) is 34.6 Å². The third-order valence-electron chi connectivity index (χ3n) is 0.720. The van der Waals surface area contributed by atoms with Crippen LogP contribution in [0.5, 0.6) is 0 Å². The molecule has 4 nitrogen and oxygen atoms in total. The van der Waals surface area contributed by atoms with Crippen molar-refractivity contribution in [3.05, 3.63) is 0 Å². The summed E-state index contributed by atoms with van der Waals surface area (Å²) in [5.41, 5.74) is -0.390. The number of nitrogens with one attached hydrogen (secondary N) is 1. The summed E-state index contributed by atoms with van der Waals surface area (Å²) in [7, 11) is 0. The minimum absolute atomic E-state index is 0. The number of aliphatic hydroxyl groups is 1. The summed E-state index contributed by atoms with van der Waals surface area (Å²) in [6.07, 6.45) is -0.352. The molecular weight excluding hydrogens is 170 g/mol. The van der Waals surface area contributed by atoms with Crippen molar-refractivity contribution in [2.45, 2.75) is 40.2 Å². The summed E-state index contributed by atoms with van der Waals surface area (Å²) in [5, 5.41) is 10.1. The second-order valence-electron chi connectivity index (χ2n) is 3.35. The molecule has 0 aromatic rings. The SMILES string of the molecule is CCNC(=O)OC(C)(C)C.CCO.[HH]. The Morgan fingerprint density at radius 1 is 1.46 bits per heavy atom. The van der Waals surface area contributed by atoms with E-state index in [1.807, 2.05) is 27.7 Å². The van der Waals surface area contributed by atoms with Crippen LogP contribution in [0.1, 0.15) is 36.0 Å². The highest BCUT2D eigenvalue weighted by molar-refractivity contribution is 5.67. The molecule has 2 N–H and O–H groups in total. The highest BCUT2D eigenvalue weighted by atomic mass is 16.6. The molecule has 0 unspecified atom stereocenters. The van der Waals surface area contributed by atoms with E-state index in [1.165, 1.54) is 0 Å². The zero-order valence-electron chi connectivity index (χ0n) is 9.18. The minimum atomic E-state index is -0.390. The molecule has 0 aliphatic rings. The zero-order valence-corrected chi connectivity index (χ0v) is 9.18. The highest BCUT2D eigenvalue weighted by Gasteiger charge is 2.14. The lowest BCUT2D eigenvalue weighted by Crippen LogP contribution is -2.32. The summed E-state index contributed by atoms with van der Waals surface area (Å²) in [5.74, 6) is 0. The third-order valence-corrected chi connectivity index (χ3v) is 0.720. The first-order valence-electron chi connectivity index (χ1n) is 4.45. The van der Waals surface area contributed by atoms with Gasteiger partial charge in [-0.15, -0.1) is 0 Å². The summed E-state index contributed by atoms with van der Waals surface area (Å²) in [4.78, 5) is 10.7. The molecule has 0 saturated heterocycles. The predicted octanol–water partition coefficient (Wildman–Crippen LogP) is 1.78. The number of carbonyl (C=O) groups is 1. The lowest BCUT2D eigenvalue weighted by Gasteiger charge is -2.19. The third kappa shape index (κ3) is 18.3. The van der Waals surface area contributed by atoms with E-state index >= 15 is 0 Å². The van der Waals surface area contributed by atoms with E-state index in [1.54, 1.807) is 6.92 Å². The molecule has 0 aromatic heterocycles. The van der Waals surface area contributed by atoms with Crippen LogP contribution in [-0.2, 0) is 4.74 Å². The van der Waals surface area contributed by atoms with Crippen molar-refractivity contribution in [1.29, 1.82) is 0 Å². The van der Waals surface area contributed by atoms with Crippen molar-refractivity contribution < 1.29 is 16.1 Å². The monoisotopic (exact) mass is 193 g/mol. The fraction of sp³-hybridized carbons (Fsp3) is 0.889. The van der Waals surface area contributed by atoms with E-state index in [-0.39, 0.29) is 19.7 Å². The van der Waals surface area contributed by atoms with Crippen LogP contribution in [0, 0.1) is 0 Å². The lowest BCUT2D eigenvalue weighted by molar-refractivity contribution is 0.0531. The maximum Gasteiger partial charge on any atom is 0.407 e. The van der Waals surface area contributed by atoms with E-state index in [0.29, 0.717) is 6.54 Å². The van der Waals surface area contributed by atoms with E-state index in [0.717, 1.165) is 0 Å². The smallest absolute Gasteiger partial charge is 0.407 e. The maximum absolute atomic E-state index is 10.7. The largest absolute Gasteiger partial charge is 0.444 e. The highest BCUT2D eigenvalue weighted by Crippen LogP contribution is 2.05. The molecule has 0 spiro atoms. The Hall–Kier alpha value is -0.770. The second kappa shape index (κ2) is 7.86. The molecule has 0 atom stereocenters. The van der Waals surface area contributed by atoms with Gasteiger partial charge in [0.05, 0.1) is 0 Å². The van der Waals surface area contributed by atoms with Gasteiger partial charge in [0.1, 0.15) is 5.60 Å². The topological polar surface area (TPSA) is 58.6 Å². The van der Waals surface area contributed by atoms with Crippen LogP contribution >= 0.6 is 0 Å². The molecule has 0 rings (SSSR count). The molecular formula is C9H23NO3. The normalized spacial score (nSPS) is 9.69. The molecule has 0 saturated carbocycles. The number of amides is 1.